The molecule has 4 heteroatoms. The van der Waals surface area contributed by atoms with Crippen LogP contribution in [-0.2, 0) is 0 Å². The van der Waals surface area contributed by atoms with Crippen molar-refractivity contribution in [3.63, 3.8) is 0 Å². The van der Waals surface area contributed by atoms with Crippen molar-refractivity contribution in [1.82, 2.24) is 4.90 Å². The molecule has 98 valence electrons. The number of amides is 1. The molecule has 0 saturated carbocycles. The van der Waals surface area contributed by atoms with Gasteiger partial charge in [0.05, 0.1) is 5.56 Å². The molecule has 18 heavy (non-hydrogen) atoms. The van der Waals surface area contributed by atoms with Gasteiger partial charge < -0.3 is 10.0 Å². The molecule has 1 aliphatic heterocycles. The van der Waals surface area contributed by atoms with Crippen LogP contribution in [0.4, 0.5) is 4.39 Å². The van der Waals surface area contributed by atoms with E-state index in [1.54, 1.807) is 4.90 Å². The summed E-state index contributed by atoms with van der Waals surface area (Å²) >= 11 is 0. The SMILES string of the molecule is CCC1CCCCN1C(=O)c1cc(F)ccc1O. The van der Waals surface area contributed by atoms with Crippen LogP contribution < -0.4 is 0 Å². The second-order valence-electron chi connectivity index (χ2n) is 4.72. The molecule has 2 rings (SSSR count). The van der Waals surface area contributed by atoms with Gasteiger partial charge in [0.2, 0.25) is 0 Å². The van der Waals surface area contributed by atoms with Gasteiger partial charge in [-0.15, -0.1) is 0 Å². The van der Waals surface area contributed by atoms with Crippen molar-refractivity contribution in [3.05, 3.63) is 29.6 Å². The van der Waals surface area contributed by atoms with Crippen LogP contribution in [0.1, 0.15) is 43.0 Å². The van der Waals surface area contributed by atoms with Gasteiger partial charge in [0, 0.05) is 12.6 Å². The van der Waals surface area contributed by atoms with Crippen LogP contribution >= 0.6 is 0 Å². The summed E-state index contributed by atoms with van der Waals surface area (Å²) in [5, 5.41) is 9.68. The number of benzene rings is 1. The Hall–Kier alpha value is -1.58. The first-order valence-corrected chi connectivity index (χ1v) is 6.43. The van der Waals surface area contributed by atoms with Crippen molar-refractivity contribution in [2.75, 3.05) is 6.54 Å². The molecule has 1 aliphatic rings. The standard InChI is InChI=1S/C14H18FNO2/c1-2-11-5-3-4-8-16(11)14(18)12-9-10(15)6-7-13(12)17/h6-7,9,11,17H,2-5,8H2,1H3. The number of nitrogens with zero attached hydrogens (tertiary/aromatic N) is 1. The Morgan fingerprint density at radius 2 is 2.28 bits per heavy atom. The predicted octanol–water partition coefficient (Wildman–Crippen LogP) is 2.94. The second kappa shape index (κ2) is 5.38. The van der Waals surface area contributed by atoms with Crippen molar-refractivity contribution in [1.29, 1.82) is 0 Å². The number of likely N-dealkylation sites (tertiary alicyclic amines) is 1. The Balaban J connectivity index is 2.26. The topological polar surface area (TPSA) is 40.5 Å². The first-order valence-electron chi connectivity index (χ1n) is 6.43. The van der Waals surface area contributed by atoms with Gasteiger partial charge in [-0.1, -0.05) is 6.92 Å². The molecule has 1 saturated heterocycles. The van der Waals surface area contributed by atoms with Crippen LogP contribution in [0, 0.1) is 5.82 Å². The molecular weight excluding hydrogens is 233 g/mol. The maximum Gasteiger partial charge on any atom is 0.257 e. The average molecular weight is 251 g/mol. The molecule has 0 radical (unpaired) electrons. The van der Waals surface area contributed by atoms with E-state index in [0.717, 1.165) is 37.8 Å². The lowest BCUT2D eigenvalue weighted by atomic mass is 9.98. The van der Waals surface area contributed by atoms with Crippen LogP contribution in [0.5, 0.6) is 5.75 Å². The maximum atomic E-state index is 13.2. The Morgan fingerprint density at radius 1 is 1.50 bits per heavy atom. The molecule has 0 spiro atoms. The summed E-state index contributed by atoms with van der Waals surface area (Å²) in [5.74, 6) is -0.915. The second-order valence-corrected chi connectivity index (χ2v) is 4.72. The van der Waals surface area contributed by atoms with E-state index in [9.17, 15) is 14.3 Å². The lowest BCUT2D eigenvalue weighted by molar-refractivity contribution is 0.0604. The Morgan fingerprint density at radius 3 is 3.00 bits per heavy atom. The fraction of sp³-hybridized carbons (Fsp3) is 0.500. The summed E-state index contributed by atoms with van der Waals surface area (Å²) in [7, 11) is 0. The molecule has 1 unspecified atom stereocenters. The van der Waals surface area contributed by atoms with Crippen LogP contribution in [0.25, 0.3) is 0 Å². The summed E-state index contributed by atoms with van der Waals surface area (Å²) in [5.41, 5.74) is 0.0651. The minimum atomic E-state index is -0.499. The maximum absolute atomic E-state index is 13.2. The van der Waals surface area contributed by atoms with Gasteiger partial charge in [-0.05, 0) is 43.9 Å². The van der Waals surface area contributed by atoms with Crippen LogP contribution in [0.3, 0.4) is 0 Å². The van der Waals surface area contributed by atoms with E-state index in [0.29, 0.717) is 6.54 Å². The fourth-order valence-corrected chi connectivity index (χ4v) is 2.53. The van der Waals surface area contributed by atoms with Gasteiger partial charge >= 0.3 is 0 Å². The van der Waals surface area contributed by atoms with Crippen molar-refractivity contribution in [3.8, 4) is 5.75 Å². The molecule has 3 nitrogen and oxygen atoms in total. The van der Waals surface area contributed by atoms with Crippen molar-refractivity contribution in [2.45, 2.75) is 38.6 Å². The quantitative estimate of drug-likeness (QED) is 0.878. The predicted molar refractivity (Wildman–Crippen MR) is 67.0 cm³/mol. The van der Waals surface area contributed by atoms with E-state index in [1.165, 1.54) is 6.07 Å². The number of carbonyl (C=O) groups excluding carboxylic acids is 1. The number of hydrogen-bond acceptors (Lipinski definition) is 2. The molecule has 0 aliphatic carbocycles. The highest BCUT2D eigenvalue weighted by molar-refractivity contribution is 5.97. The van der Waals surface area contributed by atoms with Crippen LogP contribution in [0.15, 0.2) is 18.2 Å². The van der Waals surface area contributed by atoms with Gasteiger partial charge in [-0.2, -0.15) is 0 Å². The fourth-order valence-electron chi connectivity index (χ4n) is 2.53. The lowest BCUT2D eigenvalue weighted by Crippen LogP contribution is -2.43. The van der Waals surface area contributed by atoms with E-state index >= 15 is 0 Å². The number of rotatable bonds is 2. The summed E-state index contributed by atoms with van der Waals surface area (Å²) in [6.45, 7) is 2.73. The average Bonchev–Trinajstić information content (AvgIpc) is 2.40. The Bertz CT molecular complexity index is 447. The van der Waals surface area contributed by atoms with Gasteiger partial charge in [0.15, 0.2) is 0 Å². The van der Waals surface area contributed by atoms with Crippen molar-refractivity contribution in [2.24, 2.45) is 0 Å². The molecule has 1 atom stereocenters. The summed E-state index contributed by atoms with van der Waals surface area (Å²) in [6.07, 6.45) is 3.97. The summed E-state index contributed by atoms with van der Waals surface area (Å²) < 4.78 is 13.2. The van der Waals surface area contributed by atoms with Gasteiger partial charge in [-0.3, -0.25) is 4.79 Å². The Kier molecular flexibility index (Phi) is 3.84. The molecule has 0 aromatic heterocycles. The van der Waals surface area contributed by atoms with Gasteiger partial charge in [0.25, 0.3) is 5.91 Å². The van der Waals surface area contributed by atoms with E-state index in [2.05, 4.69) is 0 Å². The first kappa shape index (κ1) is 12.9. The molecule has 0 bridgehead atoms. The monoisotopic (exact) mass is 251 g/mol. The smallest absolute Gasteiger partial charge is 0.257 e. The van der Waals surface area contributed by atoms with E-state index in [-0.39, 0.29) is 23.3 Å². The highest BCUT2D eigenvalue weighted by atomic mass is 19.1. The number of phenolic OH excluding ortho intramolecular Hbond substituents is 1. The highest BCUT2D eigenvalue weighted by Crippen LogP contribution is 2.25. The van der Waals surface area contributed by atoms with Gasteiger partial charge in [-0.25, -0.2) is 4.39 Å². The summed E-state index contributed by atoms with van der Waals surface area (Å²) in [6, 6.07) is 3.69. The highest BCUT2D eigenvalue weighted by Gasteiger charge is 2.27. The lowest BCUT2D eigenvalue weighted by Gasteiger charge is -2.35. The van der Waals surface area contributed by atoms with Crippen LogP contribution in [-0.4, -0.2) is 28.5 Å². The van der Waals surface area contributed by atoms with Gasteiger partial charge in [0.1, 0.15) is 11.6 Å². The molecule has 1 amide bonds. The van der Waals surface area contributed by atoms with E-state index in [4.69, 9.17) is 0 Å². The third-order valence-electron chi connectivity index (χ3n) is 3.55. The van der Waals surface area contributed by atoms with Crippen molar-refractivity contribution >= 4 is 5.91 Å². The summed E-state index contributed by atoms with van der Waals surface area (Å²) in [4.78, 5) is 14.1. The molecular formula is C14H18FNO2. The Labute approximate surface area is 106 Å². The minimum Gasteiger partial charge on any atom is -0.507 e. The number of aromatic hydroxyl groups is 1. The zero-order chi connectivity index (χ0) is 13.1. The zero-order valence-electron chi connectivity index (χ0n) is 10.5. The molecule has 1 aromatic carbocycles. The normalized spacial score (nSPS) is 19.9. The molecule has 1 heterocycles. The number of phenols is 1. The number of piperidine rings is 1. The number of halogens is 1. The first-order chi connectivity index (χ1) is 8.63. The van der Waals surface area contributed by atoms with Crippen molar-refractivity contribution < 1.29 is 14.3 Å². The number of carbonyl (C=O) groups is 1. The number of hydrogen-bond donors (Lipinski definition) is 1. The molecule has 1 fully saturated rings. The zero-order valence-corrected chi connectivity index (χ0v) is 10.5. The van der Waals surface area contributed by atoms with Crippen LogP contribution in [0.2, 0.25) is 0 Å². The molecule has 1 N–H and O–H groups in total. The van der Waals surface area contributed by atoms with E-state index in [1.807, 2.05) is 6.92 Å². The van der Waals surface area contributed by atoms with E-state index < -0.39 is 5.82 Å². The minimum absolute atomic E-state index is 0.0651. The third-order valence-corrected chi connectivity index (χ3v) is 3.55. The molecule has 1 aromatic rings. The largest absolute Gasteiger partial charge is 0.507 e. The third kappa shape index (κ3) is 2.47.